The van der Waals surface area contributed by atoms with Gasteiger partial charge in [0.15, 0.2) is 0 Å². The number of likely N-dealkylation sites (N-methyl/N-ethyl adjacent to an activating group) is 1. The van der Waals surface area contributed by atoms with Crippen molar-refractivity contribution in [1.29, 1.82) is 0 Å². The molecule has 1 aromatic rings. The minimum Gasteiger partial charge on any atom is -0.383 e. The molecule has 0 aliphatic carbocycles. The van der Waals surface area contributed by atoms with Crippen LogP contribution in [0.25, 0.3) is 0 Å². The first kappa shape index (κ1) is 10.1. The Morgan fingerprint density at radius 2 is 2.21 bits per heavy atom. The van der Waals surface area contributed by atoms with Crippen LogP contribution in [0.15, 0.2) is 0 Å². The van der Waals surface area contributed by atoms with Crippen molar-refractivity contribution < 1.29 is 5.11 Å². The molecule has 0 spiro atoms. The molecule has 2 heterocycles. The molecule has 1 aliphatic heterocycles. The maximum atomic E-state index is 9.84. The zero-order chi connectivity index (χ0) is 10.3. The predicted molar refractivity (Wildman–Crippen MR) is 57.4 cm³/mol. The van der Waals surface area contributed by atoms with Gasteiger partial charge in [-0.1, -0.05) is 0 Å². The second-order valence-corrected chi connectivity index (χ2v) is 5.52. The van der Waals surface area contributed by atoms with Crippen LogP contribution in [0.1, 0.15) is 29.4 Å². The Balaban J connectivity index is 2.32. The van der Waals surface area contributed by atoms with Gasteiger partial charge in [-0.2, -0.15) is 0 Å². The van der Waals surface area contributed by atoms with E-state index < -0.39 is 5.60 Å². The lowest BCUT2D eigenvalue weighted by Gasteiger charge is -2.20. The van der Waals surface area contributed by atoms with E-state index in [1.807, 2.05) is 0 Å². The van der Waals surface area contributed by atoms with Crippen LogP contribution in [-0.4, -0.2) is 28.6 Å². The third-order valence-corrected chi connectivity index (χ3v) is 3.84. The van der Waals surface area contributed by atoms with Gasteiger partial charge in [-0.05, 0) is 20.9 Å². The van der Waals surface area contributed by atoms with E-state index >= 15 is 0 Å². The minimum atomic E-state index is -0.791. The fourth-order valence-corrected chi connectivity index (χ4v) is 2.77. The molecule has 2 rings (SSSR count). The topological polar surface area (TPSA) is 36.4 Å². The number of hydrogen-bond donors (Lipinski definition) is 1. The fraction of sp³-hybridized carbons (Fsp3) is 0.700. The number of nitrogens with zero attached hydrogens (tertiary/aromatic N) is 2. The van der Waals surface area contributed by atoms with Gasteiger partial charge < -0.3 is 10.0 Å². The van der Waals surface area contributed by atoms with Crippen molar-refractivity contribution in [2.45, 2.75) is 32.4 Å². The largest absolute Gasteiger partial charge is 0.383 e. The summed E-state index contributed by atoms with van der Waals surface area (Å²) < 4.78 is 0. The van der Waals surface area contributed by atoms with Gasteiger partial charge in [-0.15, -0.1) is 11.3 Å². The lowest BCUT2D eigenvalue weighted by molar-refractivity contribution is 0.0781. The Morgan fingerprint density at radius 3 is 2.86 bits per heavy atom. The van der Waals surface area contributed by atoms with E-state index in [2.05, 4.69) is 16.9 Å². The molecule has 0 saturated carbocycles. The van der Waals surface area contributed by atoms with Crippen LogP contribution < -0.4 is 0 Å². The number of fused-ring (bicyclic) bond motifs is 1. The SMILES string of the molecule is CN1CCc2nc(C(C)(C)O)sc2C1. The van der Waals surface area contributed by atoms with Crippen LogP contribution >= 0.6 is 11.3 Å². The Hall–Kier alpha value is -0.450. The molecule has 3 nitrogen and oxygen atoms in total. The normalized spacial score (nSPS) is 18.3. The average molecular weight is 212 g/mol. The van der Waals surface area contributed by atoms with Crippen LogP contribution in [0.5, 0.6) is 0 Å². The summed E-state index contributed by atoms with van der Waals surface area (Å²) in [5.74, 6) is 0. The zero-order valence-corrected chi connectivity index (χ0v) is 9.69. The van der Waals surface area contributed by atoms with Gasteiger partial charge in [0.25, 0.3) is 0 Å². The van der Waals surface area contributed by atoms with E-state index in [9.17, 15) is 5.11 Å². The van der Waals surface area contributed by atoms with Crippen molar-refractivity contribution in [1.82, 2.24) is 9.88 Å². The highest BCUT2D eigenvalue weighted by Gasteiger charge is 2.25. The van der Waals surface area contributed by atoms with Crippen LogP contribution in [0, 0.1) is 0 Å². The Labute approximate surface area is 88.4 Å². The molecule has 0 fully saturated rings. The van der Waals surface area contributed by atoms with Crippen molar-refractivity contribution in [2.75, 3.05) is 13.6 Å². The maximum Gasteiger partial charge on any atom is 0.124 e. The quantitative estimate of drug-likeness (QED) is 0.763. The molecule has 1 N–H and O–H groups in total. The summed E-state index contributed by atoms with van der Waals surface area (Å²) >= 11 is 1.64. The lowest BCUT2D eigenvalue weighted by Crippen LogP contribution is -2.25. The summed E-state index contributed by atoms with van der Waals surface area (Å²) in [5, 5.41) is 10.7. The molecule has 1 aliphatic rings. The monoisotopic (exact) mass is 212 g/mol. The molecular formula is C10H16N2OS. The van der Waals surface area contributed by atoms with E-state index in [0.29, 0.717) is 0 Å². The van der Waals surface area contributed by atoms with Crippen LogP contribution in [0.3, 0.4) is 0 Å². The van der Waals surface area contributed by atoms with Crippen LogP contribution in [0.2, 0.25) is 0 Å². The molecule has 0 amide bonds. The highest BCUT2D eigenvalue weighted by atomic mass is 32.1. The van der Waals surface area contributed by atoms with E-state index in [4.69, 9.17) is 0 Å². The van der Waals surface area contributed by atoms with Gasteiger partial charge in [0.2, 0.25) is 0 Å². The molecule has 0 radical (unpaired) electrons. The number of hydrogen-bond acceptors (Lipinski definition) is 4. The number of aliphatic hydroxyl groups is 1. The molecule has 0 saturated heterocycles. The second kappa shape index (κ2) is 3.29. The first-order valence-corrected chi connectivity index (χ1v) is 5.68. The Morgan fingerprint density at radius 1 is 1.50 bits per heavy atom. The molecule has 4 heteroatoms. The van der Waals surface area contributed by atoms with E-state index in [0.717, 1.165) is 24.5 Å². The Bertz CT molecular complexity index is 340. The second-order valence-electron chi connectivity index (χ2n) is 4.44. The highest BCUT2D eigenvalue weighted by molar-refractivity contribution is 7.11. The summed E-state index contributed by atoms with van der Waals surface area (Å²) in [7, 11) is 2.12. The summed E-state index contributed by atoms with van der Waals surface area (Å²) in [6.07, 6.45) is 1.01. The summed E-state index contributed by atoms with van der Waals surface area (Å²) in [5.41, 5.74) is 0.394. The molecule has 0 atom stereocenters. The van der Waals surface area contributed by atoms with Gasteiger partial charge in [0.1, 0.15) is 10.6 Å². The maximum absolute atomic E-state index is 9.84. The van der Waals surface area contributed by atoms with Crippen LogP contribution in [-0.2, 0) is 18.6 Å². The summed E-state index contributed by atoms with van der Waals surface area (Å²) in [6.45, 7) is 5.63. The molecular weight excluding hydrogens is 196 g/mol. The summed E-state index contributed by atoms with van der Waals surface area (Å²) in [4.78, 5) is 8.10. The van der Waals surface area contributed by atoms with E-state index in [1.54, 1.807) is 25.2 Å². The number of thiazole rings is 1. The predicted octanol–water partition coefficient (Wildman–Crippen LogP) is 1.36. The van der Waals surface area contributed by atoms with Crippen molar-refractivity contribution >= 4 is 11.3 Å². The van der Waals surface area contributed by atoms with Gasteiger partial charge in [0, 0.05) is 24.4 Å². The third kappa shape index (κ3) is 1.82. The summed E-state index contributed by atoms with van der Waals surface area (Å²) in [6, 6.07) is 0. The average Bonchev–Trinajstić information content (AvgIpc) is 2.45. The van der Waals surface area contributed by atoms with Gasteiger partial charge in [0.05, 0.1) is 5.69 Å². The first-order chi connectivity index (χ1) is 6.47. The first-order valence-electron chi connectivity index (χ1n) is 4.87. The molecule has 14 heavy (non-hydrogen) atoms. The standard InChI is InChI=1S/C10H16N2OS/c1-10(2,13)9-11-7-4-5-12(3)6-8(7)14-9/h13H,4-6H2,1-3H3. The van der Waals surface area contributed by atoms with Crippen molar-refractivity contribution in [3.8, 4) is 0 Å². The molecule has 78 valence electrons. The molecule has 1 aromatic heterocycles. The number of aromatic nitrogens is 1. The van der Waals surface area contributed by atoms with E-state index in [-0.39, 0.29) is 0 Å². The van der Waals surface area contributed by atoms with Crippen molar-refractivity contribution in [3.63, 3.8) is 0 Å². The Kier molecular flexibility index (Phi) is 2.37. The minimum absolute atomic E-state index is 0.791. The smallest absolute Gasteiger partial charge is 0.124 e. The number of rotatable bonds is 1. The third-order valence-electron chi connectivity index (χ3n) is 2.45. The molecule has 0 bridgehead atoms. The molecule has 0 unspecified atom stereocenters. The van der Waals surface area contributed by atoms with Gasteiger partial charge >= 0.3 is 0 Å². The van der Waals surface area contributed by atoms with Crippen molar-refractivity contribution in [2.24, 2.45) is 0 Å². The van der Waals surface area contributed by atoms with Crippen molar-refractivity contribution in [3.05, 3.63) is 15.6 Å². The highest BCUT2D eigenvalue weighted by Crippen LogP contribution is 2.30. The fourth-order valence-electron chi connectivity index (χ4n) is 1.58. The zero-order valence-electron chi connectivity index (χ0n) is 8.87. The molecule has 0 aromatic carbocycles. The van der Waals surface area contributed by atoms with Gasteiger partial charge in [-0.3, -0.25) is 0 Å². The van der Waals surface area contributed by atoms with Gasteiger partial charge in [-0.25, -0.2) is 4.98 Å². The van der Waals surface area contributed by atoms with E-state index in [1.165, 1.54) is 10.6 Å². The van der Waals surface area contributed by atoms with Crippen LogP contribution in [0.4, 0.5) is 0 Å². The lowest BCUT2D eigenvalue weighted by atomic mass is 10.1.